The molecule has 1 N–H and O–H groups in total. The Labute approximate surface area is 100 Å². The van der Waals surface area contributed by atoms with Crippen molar-refractivity contribution in [2.45, 2.75) is 19.6 Å². The smallest absolute Gasteiger partial charge is 0.268 e. The Bertz CT molecular complexity index is 403. The van der Waals surface area contributed by atoms with Crippen LogP contribution in [0.4, 0.5) is 5.69 Å². The maximum atomic E-state index is 11.7. The molecule has 6 nitrogen and oxygen atoms in total. The molecule has 0 aromatic carbocycles. The number of aliphatic hydroxyl groups excluding tert-OH is 1. The molecule has 0 saturated heterocycles. The van der Waals surface area contributed by atoms with E-state index in [1.165, 1.54) is 10.7 Å². The monoisotopic (exact) mass is 241 g/mol. The van der Waals surface area contributed by atoms with Crippen LogP contribution in [0.15, 0.2) is 17.1 Å². The SMILES string of the molecule is COCCN(C)c1cnn(CC(C)O)c(=O)c1. The Hall–Kier alpha value is -1.40. The zero-order valence-corrected chi connectivity index (χ0v) is 10.5. The molecule has 0 fully saturated rings. The molecule has 1 heterocycles. The molecule has 0 bridgehead atoms. The lowest BCUT2D eigenvalue weighted by Gasteiger charge is -2.18. The zero-order chi connectivity index (χ0) is 12.8. The highest BCUT2D eigenvalue weighted by molar-refractivity contribution is 5.41. The lowest BCUT2D eigenvalue weighted by atomic mass is 10.4. The molecule has 0 aliphatic rings. The first-order valence-corrected chi connectivity index (χ1v) is 5.50. The minimum atomic E-state index is -0.586. The Balaban J connectivity index is 2.77. The van der Waals surface area contributed by atoms with Gasteiger partial charge in [0.15, 0.2) is 0 Å². The molecule has 0 amide bonds. The minimum Gasteiger partial charge on any atom is -0.391 e. The lowest BCUT2D eigenvalue weighted by Crippen LogP contribution is -2.29. The fourth-order valence-corrected chi connectivity index (χ4v) is 1.38. The Morgan fingerprint density at radius 2 is 2.35 bits per heavy atom. The van der Waals surface area contributed by atoms with Gasteiger partial charge in [-0.25, -0.2) is 4.68 Å². The van der Waals surface area contributed by atoms with Gasteiger partial charge in [0.1, 0.15) is 0 Å². The molecule has 0 aliphatic carbocycles. The van der Waals surface area contributed by atoms with E-state index >= 15 is 0 Å². The Morgan fingerprint density at radius 3 is 2.88 bits per heavy atom. The molecule has 96 valence electrons. The third-order valence-corrected chi connectivity index (χ3v) is 2.36. The van der Waals surface area contributed by atoms with Crippen LogP contribution in [0.2, 0.25) is 0 Å². The van der Waals surface area contributed by atoms with Gasteiger partial charge in [0.25, 0.3) is 5.56 Å². The highest BCUT2D eigenvalue weighted by Gasteiger charge is 2.06. The van der Waals surface area contributed by atoms with Gasteiger partial charge in [0, 0.05) is 26.8 Å². The van der Waals surface area contributed by atoms with E-state index in [0.717, 1.165) is 5.69 Å². The predicted octanol–water partition coefficient (Wildman–Crippen LogP) is -0.293. The van der Waals surface area contributed by atoms with Gasteiger partial charge in [-0.3, -0.25) is 4.79 Å². The van der Waals surface area contributed by atoms with Crippen molar-refractivity contribution in [1.29, 1.82) is 0 Å². The first-order chi connectivity index (χ1) is 8.04. The van der Waals surface area contributed by atoms with Gasteiger partial charge in [0.05, 0.1) is 31.1 Å². The van der Waals surface area contributed by atoms with Gasteiger partial charge in [0.2, 0.25) is 0 Å². The number of methoxy groups -OCH3 is 1. The van der Waals surface area contributed by atoms with Crippen molar-refractivity contribution >= 4 is 5.69 Å². The van der Waals surface area contributed by atoms with Gasteiger partial charge in [-0.15, -0.1) is 0 Å². The third-order valence-electron chi connectivity index (χ3n) is 2.36. The van der Waals surface area contributed by atoms with Gasteiger partial charge < -0.3 is 14.7 Å². The first-order valence-electron chi connectivity index (χ1n) is 5.50. The average Bonchev–Trinajstić information content (AvgIpc) is 2.28. The third kappa shape index (κ3) is 4.16. The van der Waals surface area contributed by atoms with E-state index < -0.39 is 6.10 Å². The molecule has 1 aromatic rings. The number of rotatable bonds is 6. The van der Waals surface area contributed by atoms with Crippen LogP contribution in [0.25, 0.3) is 0 Å². The lowest BCUT2D eigenvalue weighted by molar-refractivity contribution is 0.166. The van der Waals surface area contributed by atoms with Gasteiger partial charge in [-0.05, 0) is 6.92 Å². The molecule has 17 heavy (non-hydrogen) atoms. The number of aromatic nitrogens is 2. The summed E-state index contributed by atoms with van der Waals surface area (Å²) in [4.78, 5) is 13.6. The number of hydrogen-bond acceptors (Lipinski definition) is 5. The van der Waals surface area contributed by atoms with E-state index in [9.17, 15) is 9.90 Å². The molecule has 0 spiro atoms. The molecule has 1 atom stereocenters. The maximum Gasteiger partial charge on any atom is 0.268 e. The van der Waals surface area contributed by atoms with Crippen LogP contribution in [0.5, 0.6) is 0 Å². The van der Waals surface area contributed by atoms with E-state index in [4.69, 9.17) is 4.74 Å². The van der Waals surface area contributed by atoms with E-state index in [1.807, 2.05) is 11.9 Å². The molecule has 1 unspecified atom stereocenters. The second kappa shape index (κ2) is 6.36. The number of hydrogen-bond donors (Lipinski definition) is 1. The molecule has 1 rings (SSSR count). The molecular formula is C11H19N3O3. The predicted molar refractivity (Wildman–Crippen MR) is 65.3 cm³/mol. The second-order valence-corrected chi connectivity index (χ2v) is 4.00. The highest BCUT2D eigenvalue weighted by atomic mass is 16.5. The van der Waals surface area contributed by atoms with Crippen molar-refractivity contribution in [2.75, 3.05) is 32.2 Å². The standard InChI is InChI=1S/C11H19N3O3/c1-9(15)8-14-11(16)6-10(7-12-14)13(2)4-5-17-3/h6-7,9,15H,4-5,8H2,1-3H3. The minimum absolute atomic E-state index is 0.209. The fourth-order valence-electron chi connectivity index (χ4n) is 1.38. The molecule has 1 aromatic heterocycles. The van der Waals surface area contributed by atoms with Gasteiger partial charge in [-0.2, -0.15) is 5.10 Å². The van der Waals surface area contributed by atoms with Crippen molar-refractivity contribution in [2.24, 2.45) is 0 Å². The summed E-state index contributed by atoms with van der Waals surface area (Å²) < 4.78 is 6.21. The number of aliphatic hydroxyl groups is 1. The van der Waals surface area contributed by atoms with E-state index in [-0.39, 0.29) is 12.1 Å². The number of anilines is 1. The summed E-state index contributed by atoms with van der Waals surface area (Å²) in [5, 5.41) is 13.2. The summed E-state index contributed by atoms with van der Waals surface area (Å²) in [7, 11) is 3.50. The number of ether oxygens (including phenoxy) is 1. The topological polar surface area (TPSA) is 67.6 Å². The van der Waals surface area contributed by atoms with Gasteiger partial charge >= 0.3 is 0 Å². The van der Waals surface area contributed by atoms with Crippen LogP contribution >= 0.6 is 0 Å². The van der Waals surface area contributed by atoms with Crippen LogP contribution in [0.3, 0.4) is 0 Å². The maximum absolute atomic E-state index is 11.7. The summed E-state index contributed by atoms with van der Waals surface area (Å²) in [6, 6.07) is 1.50. The van der Waals surface area contributed by atoms with Crippen molar-refractivity contribution in [1.82, 2.24) is 9.78 Å². The molecule has 0 saturated carbocycles. The number of likely N-dealkylation sites (N-methyl/N-ethyl adjacent to an activating group) is 1. The normalized spacial score (nSPS) is 12.5. The zero-order valence-electron chi connectivity index (χ0n) is 10.5. The van der Waals surface area contributed by atoms with Crippen LogP contribution < -0.4 is 10.5 Å². The second-order valence-electron chi connectivity index (χ2n) is 4.00. The summed E-state index contributed by atoms with van der Waals surface area (Å²) in [5.41, 5.74) is 0.529. The summed E-state index contributed by atoms with van der Waals surface area (Å²) in [6.07, 6.45) is 1.02. The molecule has 6 heteroatoms. The van der Waals surface area contributed by atoms with Crippen molar-refractivity contribution in [3.8, 4) is 0 Å². The van der Waals surface area contributed by atoms with E-state index in [2.05, 4.69) is 5.10 Å². The van der Waals surface area contributed by atoms with Crippen LogP contribution in [-0.4, -0.2) is 48.3 Å². The van der Waals surface area contributed by atoms with Gasteiger partial charge in [-0.1, -0.05) is 0 Å². The summed E-state index contributed by atoms with van der Waals surface area (Å²) in [5.74, 6) is 0. The summed E-state index contributed by atoms with van der Waals surface area (Å²) in [6.45, 7) is 3.11. The first kappa shape index (κ1) is 13.7. The Morgan fingerprint density at radius 1 is 1.65 bits per heavy atom. The molecule has 0 aliphatic heterocycles. The highest BCUT2D eigenvalue weighted by Crippen LogP contribution is 2.06. The van der Waals surface area contributed by atoms with Crippen LogP contribution in [-0.2, 0) is 11.3 Å². The van der Waals surface area contributed by atoms with E-state index in [1.54, 1.807) is 20.2 Å². The number of nitrogens with zero attached hydrogens (tertiary/aromatic N) is 3. The van der Waals surface area contributed by atoms with Crippen LogP contribution in [0, 0.1) is 0 Å². The average molecular weight is 241 g/mol. The fraction of sp³-hybridized carbons (Fsp3) is 0.636. The molecule has 0 radical (unpaired) electrons. The summed E-state index contributed by atoms with van der Waals surface area (Å²) >= 11 is 0. The van der Waals surface area contributed by atoms with Crippen molar-refractivity contribution in [3.63, 3.8) is 0 Å². The molecular weight excluding hydrogens is 222 g/mol. The quantitative estimate of drug-likeness (QED) is 0.741. The van der Waals surface area contributed by atoms with Crippen molar-refractivity contribution in [3.05, 3.63) is 22.6 Å². The van der Waals surface area contributed by atoms with Crippen molar-refractivity contribution < 1.29 is 9.84 Å². The Kier molecular flexibility index (Phi) is 5.11. The van der Waals surface area contributed by atoms with E-state index in [0.29, 0.717) is 13.2 Å². The van der Waals surface area contributed by atoms with Crippen LogP contribution in [0.1, 0.15) is 6.92 Å². The largest absolute Gasteiger partial charge is 0.391 e.